The predicted molar refractivity (Wildman–Crippen MR) is 224 cm³/mol. The molecule has 0 saturated heterocycles. The van der Waals surface area contributed by atoms with Crippen LogP contribution in [0.15, 0.2) is 71.0 Å². The summed E-state index contributed by atoms with van der Waals surface area (Å²) in [6, 6.07) is 21.1. The van der Waals surface area contributed by atoms with Crippen molar-refractivity contribution in [2.75, 3.05) is 0 Å². The molecule has 0 aliphatic heterocycles. The van der Waals surface area contributed by atoms with E-state index in [1.165, 1.54) is 48.1 Å². The molecule has 6 heteroatoms. The third-order valence-corrected chi connectivity index (χ3v) is 12.8. The fraction of sp³-hybridized carbons (Fsp3) is 0.447. The molecule has 0 unspecified atom stereocenters. The van der Waals surface area contributed by atoms with Crippen molar-refractivity contribution in [2.45, 2.75) is 121 Å². The summed E-state index contributed by atoms with van der Waals surface area (Å²) in [6.07, 6.45) is 7.66. The number of nitrogens with zero attached hydrogens (tertiary/aromatic N) is 1. The molecular weight excluding hydrogens is 851 g/mol. The number of carbonyl (C=O) groups is 1. The summed E-state index contributed by atoms with van der Waals surface area (Å²) in [6.45, 7) is 25.6. The first-order valence-corrected chi connectivity index (χ1v) is 20.0. The van der Waals surface area contributed by atoms with Gasteiger partial charge in [-0.3, -0.25) is 9.78 Å². The molecule has 0 atom stereocenters. The van der Waals surface area contributed by atoms with Gasteiger partial charge in [0.05, 0.1) is 0 Å². The van der Waals surface area contributed by atoms with E-state index < -0.39 is 0 Å². The number of benzene rings is 3. The number of aliphatic hydroxyl groups is 1. The number of allylic oxidation sites excluding steroid dienone is 2. The van der Waals surface area contributed by atoms with Crippen LogP contribution in [0, 0.1) is 29.7 Å². The van der Waals surface area contributed by atoms with Gasteiger partial charge >= 0.3 is 0 Å². The van der Waals surface area contributed by atoms with Crippen molar-refractivity contribution in [3.05, 3.63) is 89.5 Å². The number of thiophene rings is 1. The van der Waals surface area contributed by atoms with E-state index in [1.54, 1.807) is 0 Å². The number of rotatable bonds is 10. The Labute approximate surface area is 334 Å². The number of ketones is 1. The molecule has 0 bridgehead atoms. The SMILES string of the molecule is CCC(C)(CC)C(=O)/C=C(\O)C(C)(CC)CC.Cc1c(CC(C)C)oc2ccc3c4ccnc(-c5[c-]c6ccccc6c(C(C)(C)C)c5)c4sc3c12.[Ir]. The first kappa shape index (κ1) is 42.4. The number of fused-ring (bicyclic) bond motifs is 6. The van der Waals surface area contributed by atoms with E-state index >= 15 is 0 Å². The summed E-state index contributed by atoms with van der Waals surface area (Å²) in [4.78, 5) is 17.1. The van der Waals surface area contributed by atoms with E-state index in [1.807, 2.05) is 59.1 Å². The Balaban J connectivity index is 0.000000299. The van der Waals surface area contributed by atoms with Gasteiger partial charge in [-0.25, -0.2) is 0 Å². The molecule has 0 saturated carbocycles. The number of hydrogen-bond acceptors (Lipinski definition) is 5. The van der Waals surface area contributed by atoms with Crippen LogP contribution in [0.5, 0.6) is 0 Å². The van der Waals surface area contributed by atoms with Gasteiger partial charge < -0.3 is 9.52 Å². The Kier molecular flexibility index (Phi) is 13.3. The van der Waals surface area contributed by atoms with Gasteiger partial charge in [-0.05, 0) is 73.1 Å². The number of aliphatic hydroxyl groups excluding tert-OH is 1. The van der Waals surface area contributed by atoms with Crippen molar-refractivity contribution >= 4 is 59.0 Å². The molecule has 6 rings (SSSR count). The van der Waals surface area contributed by atoms with E-state index in [2.05, 4.69) is 96.1 Å². The molecular formula is C47H58IrNO3S-. The van der Waals surface area contributed by atoms with Crippen LogP contribution >= 0.6 is 11.3 Å². The average molecular weight is 909 g/mol. The third-order valence-electron chi connectivity index (χ3n) is 11.6. The van der Waals surface area contributed by atoms with Crippen LogP contribution in [-0.4, -0.2) is 15.9 Å². The van der Waals surface area contributed by atoms with Crippen molar-refractivity contribution in [2.24, 2.45) is 16.7 Å². The minimum absolute atomic E-state index is 0. The number of carbonyl (C=O) groups excluding carboxylic acids is 1. The van der Waals surface area contributed by atoms with Gasteiger partial charge in [-0.15, -0.1) is 40.5 Å². The summed E-state index contributed by atoms with van der Waals surface area (Å²) < 4.78 is 8.82. The Hall–Kier alpha value is -3.31. The molecule has 4 nitrogen and oxygen atoms in total. The molecule has 0 aliphatic rings. The maximum absolute atomic E-state index is 12.2. The number of furan rings is 1. The van der Waals surface area contributed by atoms with Gasteiger partial charge in [-0.2, -0.15) is 0 Å². The zero-order valence-corrected chi connectivity index (χ0v) is 37.1. The molecule has 0 aliphatic carbocycles. The van der Waals surface area contributed by atoms with Crippen molar-refractivity contribution in [1.82, 2.24) is 4.98 Å². The second kappa shape index (κ2) is 16.6. The van der Waals surface area contributed by atoms with E-state index in [0.717, 1.165) is 60.1 Å². The molecule has 0 amide bonds. The Morgan fingerprint density at radius 1 is 0.887 bits per heavy atom. The first-order valence-electron chi connectivity index (χ1n) is 19.1. The summed E-state index contributed by atoms with van der Waals surface area (Å²) in [5.74, 6) is 1.95. The van der Waals surface area contributed by atoms with Gasteiger partial charge in [-0.1, -0.05) is 105 Å². The van der Waals surface area contributed by atoms with Gasteiger partial charge in [0, 0.05) is 75.5 Å². The molecule has 6 aromatic rings. The van der Waals surface area contributed by atoms with Gasteiger partial charge in [0.2, 0.25) is 0 Å². The summed E-state index contributed by atoms with van der Waals surface area (Å²) >= 11 is 1.84. The molecule has 0 spiro atoms. The molecule has 0 fully saturated rings. The van der Waals surface area contributed by atoms with Gasteiger partial charge in [0.25, 0.3) is 0 Å². The molecule has 3 aromatic carbocycles. The van der Waals surface area contributed by atoms with Crippen LogP contribution in [0.3, 0.4) is 0 Å². The van der Waals surface area contributed by atoms with Crippen LogP contribution in [0.4, 0.5) is 0 Å². The second-order valence-corrected chi connectivity index (χ2v) is 17.5. The molecule has 3 aromatic heterocycles. The monoisotopic (exact) mass is 909 g/mol. The first-order chi connectivity index (χ1) is 24.5. The molecule has 285 valence electrons. The van der Waals surface area contributed by atoms with E-state index in [-0.39, 0.29) is 47.9 Å². The van der Waals surface area contributed by atoms with Gasteiger partial charge in [0.1, 0.15) is 17.1 Å². The van der Waals surface area contributed by atoms with Crippen molar-refractivity contribution in [1.29, 1.82) is 0 Å². The van der Waals surface area contributed by atoms with Crippen molar-refractivity contribution in [3.8, 4) is 11.3 Å². The molecule has 3 heterocycles. The van der Waals surface area contributed by atoms with Crippen molar-refractivity contribution < 1.29 is 34.4 Å². The maximum Gasteiger partial charge on any atom is 0.164 e. The molecule has 53 heavy (non-hydrogen) atoms. The van der Waals surface area contributed by atoms with Crippen LogP contribution in [0.2, 0.25) is 0 Å². The topological polar surface area (TPSA) is 63.3 Å². The summed E-state index contributed by atoms with van der Waals surface area (Å²) in [5.41, 5.74) is 5.07. The van der Waals surface area contributed by atoms with Gasteiger partial charge in [0.15, 0.2) is 5.78 Å². The summed E-state index contributed by atoms with van der Waals surface area (Å²) in [5, 5.41) is 16.3. The van der Waals surface area contributed by atoms with Crippen LogP contribution in [-0.2, 0) is 36.7 Å². The minimum Gasteiger partial charge on any atom is -0.512 e. The van der Waals surface area contributed by atoms with Crippen LogP contribution in [0.25, 0.3) is 53.2 Å². The maximum atomic E-state index is 12.2. The van der Waals surface area contributed by atoms with E-state index in [9.17, 15) is 9.90 Å². The Bertz CT molecular complexity index is 2260. The zero-order valence-electron chi connectivity index (χ0n) is 33.8. The van der Waals surface area contributed by atoms with Crippen LogP contribution < -0.4 is 0 Å². The number of aryl methyl sites for hydroxylation is 1. The summed E-state index contributed by atoms with van der Waals surface area (Å²) in [7, 11) is 0. The van der Waals surface area contributed by atoms with Crippen LogP contribution in [0.1, 0.15) is 119 Å². The Morgan fingerprint density at radius 2 is 1.51 bits per heavy atom. The van der Waals surface area contributed by atoms with E-state index in [4.69, 9.17) is 9.40 Å². The second-order valence-electron chi connectivity index (χ2n) is 16.5. The molecule has 1 N–H and O–H groups in total. The normalized spacial score (nSPS) is 12.8. The average Bonchev–Trinajstić information content (AvgIpc) is 3.66. The third kappa shape index (κ3) is 8.36. The smallest absolute Gasteiger partial charge is 0.164 e. The standard InChI is InChI=1S/C32H30NOS.C15H28O2.Ir/c1-18(2)15-27-19(3)28-26(34-27)12-11-23-24-13-14-33-29(31(24)35-30(23)28)21-16-20-9-7-8-10-22(20)25(17-21)32(4,5)6;1-7-14(5,8-2)12(16)11-13(17)15(6,9-3)10-4;/h7-14,17-18H,15H2,1-6H3;11,16H,7-10H2,1-6H3;/q-1;;/b;12-11-;. The molecule has 1 radical (unpaired) electrons. The fourth-order valence-electron chi connectivity index (χ4n) is 6.96. The number of pyridine rings is 1. The fourth-order valence-corrected chi connectivity index (χ4v) is 8.35. The predicted octanol–water partition coefficient (Wildman–Crippen LogP) is 14.3. The number of hydrogen-bond donors (Lipinski definition) is 1. The largest absolute Gasteiger partial charge is 0.512 e. The Morgan fingerprint density at radius 3 is 2.11 bits per heavy atom. The zero-order chi connectivity index (χ0) is 38.2. The minimum atomic E-state index is -0.337. The quantitative estimate of drug-likeness (QED) is 0.0845. The van der Waals surface area contributed by atoms with E-state index in [0.29, 0.717) is 5.92 Å². The van der Waals surface area contributed by atoms with Crippen molar-refractivity contribution in [3.63, 3.8) is 0 Å². The number of aromatic nitrogens is 1.